The Kier molecular flexibility index (Phi) is 3.53. The highest BCUT2D eigenvalue weighted by Gasteiger charge is 2.26. The summed E-state index contributed by atoms with van der Waals surface area (Å²) in [7, 11) is 0. The Morgan fingerprint density at radius 1 is 1.50 bits per heavy atom. The molecule has 4 nitrogen and oxygen atoms in total. The number of fused-ring (bicyclic) bond motifs is 1. The Bertz CT molecular complexity index is 651. The van der Waals surface area contributed by atoms with Crippen LogP contribution in [0.25, 0.3) is 0 Å². The minimum Gasteiger partial charge on any atom is -0.481 e. The van der Waals surface area contributed by atoms with Crippen LogP contribution in [0.15, 0.2) is 35.6 Å². The van der Waals surface area contributed by atoms with Crippen LogP contribution < -0.4 is 0 Å². The zero-order valence-electron chi connectivity index (χ0n) is 11.2. The van der Waals surface area contributed by atoms with Crippen molar-refractivity contribution < 1.29 is 9.90 Å². The number of nitrogens with zero attached hydrogens (tertiary/aromatic N) is 2. The first-order valence-corrected chi connectivity index (χ1v) is 7.58. The monoisotopic (exact) mass is 288 g/mol. The normalized spacial score (nSPS) is 16.6. The van der Waals surface area contributed by atoms with Crippen LogP contribution in [0.5, 0.6) is 0 Å². The number of carbonyl (C=O) groups is 1. The maximum Gasteiger partial charge on any atom is 0.313 e. The Morgan fingerprint density at radius 2 is 2.30 bits per heavy atom. The average Bonchev–Trinajstić information content (AvgIpc) is 2.74. The number of benzene rings is 1. The van der Waals surface area contributed by atoms with E-state index in [0.717, 1.165) is 23.8 Å². The lowest BCUT2D eigenvalue weighted by Gasteiger charge is -2.31. The predicted octanol–water partition coefficient (Wildman–Crippen LogP) is 2.71. The summed E-state index contributed by atoms with van der Waals surface area (Å²) >= 11 is 1.29. The molecule has 0 aliphatic heterocycles. The molecule has 1 N–H and O–H groups in total. The molecule has 1 aromatic carbocycles. The number of aliphatic carboxylic acids is 1. The lowest BCUT2D eigenvalue weighted by Crippen LogP contribution is -2.22. The van der Waals surface area contributed by atoms with E-state index in [9.17, 15) is 4.79 Å². The van der Waals surface area contributed by atoms with Gasteiger partial charge >= 0.3 is 5.97 Å². The van der Waals surface area contributed by atoms with Gasteiger partial charge in [0.05, 0.1) is 5.75 Å². The van der Waals surface area contributed by atoms with Gasteiger partial charge in [-0.3, -0.25) is 4.79 Å². The second-order valence-electron chi connectivity index (χ2n) is 5.08. The second kappa shape index (κ2) is 5.32. The van der Waals surface area contributed by atoms with Crippen LogP contribution in [0.1, 0.15) is 22.7 Å². The molecule has 0 amide bonds. The SMILES string of the molecule is Cc1cnc(SCC(=O)O)n1CC1Cc2ccccc21. The number of aromatic nitrogens is 2. The third-order valence-electron chi connectivity index (χ3n) is 3.71. The fraction of sp³-hybridized carbons (Fsp3) is 0.333. The number of hydrogen-bond acceptors (Lipinski definition) is 3. The average molecular weight is 288 g/mol. The number of aryl methyl sites for hydroxylation is 1. The molecule has 0 saturated heterocycles. The van der Waals surface area contributed by atoms with Crippen LogP contribution in [0, 0.1) is 6.92 Å². The van der Waals surface area contributed by atoms with Crippen molar-refractivity contribution in [3.05, 3.63) is 47.3 Å². The van der Waals surface area contributed by atoms with Crippen molar-refractivity contribution in [2.75, 3.05) is 5.75 Å². The fourth-order valence-corrected chi connectivity index (χ4v) is 3.40. The Morgan fingerprint density at radius 3 is 3.05 bits per heavy atom. The van der Waals surface area contributed by atoms with Crippen molar-refractivity contribution in [3.8, 4) is 0 Å². The van der Waals surface area contributed by atoms with Crippen LogP contribution in [-0.2, 0) is 17.8 Å². The Hall–Kier alpha value is -1.75. The first kappa shape index (κ1) is 13.2. The highest BCUT2D eigenvalue weighted by atomic mass is 32.2. The number of imidazole rings is 1. The molecule has 1 heterocycles. The summed E-state index contributed by atoms with van der Waals surface area (Å²) in [6, 6.07) is 8.50. The van der Waals surface area contributed by atoms with Crippen LogP contribution in [0.3, 0.4) is 0 Å². The van der Waals surface area contributed by atoms with Gasteiger partial charge in [0.25, 0.3) is 0 Å². The summed E-state index contributed by atoms with van der Waals surface area (Å²) in [4.78, 5) is 15.0. The van der Waals surface area contributed by atoms with Crippen molar-refractivity contribution in [3.63, 3.8) is 0 Å². The van der Waals surface area contributed by atoms with E-state index < -0.39 is 5.97 Å². The van der Waals surface area contributed by atoms with E-state index in [1.807, 2.05) is 13.1 Å². The van der Waals surface area contributed by atoms with Gasteiger partial charge in [0.2, 0.25) is 0 Å². The van der Waals surface area contributed by atoms with E-state index in [1.165, 1.54) is 22.9 Å². The Labute approximate surface area is 121 Å². The molecule has 2 aromatic rings. The molecule has 1 atom stereocenters. The van der Waals surface area contributed by atoms with Gasteiger partial charge in [0.15, 0.2) is 5.16 Å². The zero-order valence-corrected chi connectivity index (χ0v) is 12.1. The predicted molar refractivity (Wildman–Crippen MR) is 78.2 cm³/mol. The minimum absolute atomic E-state index is 0.0533. The first-order valence-electron chi connectivity index (χ1n) is 6.59. The van der Waals surface area contributed by atoms with Gasteiger partial charge in [-0.15, -0.1) is 0 Å². The topological polar surface area (TPSA) is 55.1 Å². The Balaban J connectivity index is 1.75. The van der Waals surface area contributed by atoms with Crippen LogP contribution in [0.4, 0.5) is 0 Å². The molecule has 0 fully saturated rings. The number of thioether (sulfide) groups is 1. The lowest BCUT2D eigenvalue weighted by molar-refractivity contribution is -0.133. The van der Waals surface area contributed by atoms with E-state index in [2.05, 4.69) is 33.8 Å². The highest BCUT2D eigenvalue weighted by molar-refractivity contribution is 7.99. The molecule has 1 aliphatic rings. The minimum atomic E-state index is -0.809. The summed E-state index contributed by atoms with van der Waals surface area (Å²) in [5.74, 6) is -0.239. The van der Waals surface area contributed by atoms with E-state index in [-0.39, 0.29) is 5.75 Å². The maximum absolute atomic E-state index is 10.7. The quantitative estimate of drug-likeness (QED) is 0.860. The highest BCUT2D eigenvalue weighted by Crippen LogP contribution is 2.37. The molecule has 0 radical (unpaired) electrons. The molecule has 1 unspecified atom stereocenters. The number of hydrogen-bond donors (Lipinski definition) is 1. The number of carboxylic acids is 1. The summed E-state index contributed by atoms with van der Waals surface area (Å²) in [6.07, 6.45) is 2.91. The van der Waals surface area contributed by atoms with Crippen molar-refractivity contribution >= 4 is 17.7 Å². The molecular formula is C15H16N2O2S. The molecule has 5 heteroatoms. The van der Waals surface area contributed by atoms with Crippen molar-refractivity contribution in [1.29, 1.82) is 0 Å². The molecular weight excluding hydrogens is 272 g/mol. The summed E-state index contributed by atoms with van der Waals surface area (Å²) in [5, 5.41) is 9.58. The van der Waals surface area contributed by atoms with Gasteiger partial charge in [-0.25, -0.2) is 4.98 Å². The van der Waals surface area contributed by atoms with Crippen LogP contribution in [0.2, 0.25) is 0 Å². The molecule has 0 spiro atoms. The van der Waals surface area contributed by atoms with E-state index in [1.54, 1.807) is 0 Å². The summed E-state index contributed by atoms with van der Waals surface area (Å²) in [5.41, 5.74) is 3.92. The van der Waals surface area contributed by atoms with Gasteiger partial charge in [-0.05, 0) is 24.5 Å². The summed E-state index contributed by atoms with van der Waals surface area (Å²) in [6.45, 7) is 2.90. The molecule has 0 saturated carbocycles. The van der Waals surface area contributed by atoms with E-state index in [4.69, 9.17) is 5.11 Å². The molecule has 1 aromatic heterocycles. The summed E-state index contributed by atoms with van der Waals surface area (Å²) < 4.78 is 2.13. The van der Waals surface area contributed by atoms with Crippen molar-refractivity contribution in [2.45, 2.75) is 31.0 Å². The molecule has 3 rings (SSSR count). The number of rotatable bonds is 5. The second-order valence-corrected chi connectivity index (χ2v) is 6.02. The lowest BCUT2D eigenvalue weighted by atomic mass is 9.77. The maximum atomic E-state index is 10.7. The van der Waals surface area contributed by atoms with E-state index >= 15 is 0 Å². The largest absolute Gasteiger partial charge is 0.481 e. The van der Waals surface area contributed by atoms with Crippen LogP contribution >= 0.6 is 11.8 Å². The third kappa shape index (κ3) is 2.45. The van der Waals surface area contributed by atoms with Crippen molar-refractivity contribution in [1.82, 2.24) is 9.55 Å². The van der Waals surface area contributed by atoms with Gasteiger partial charge in [-0.2, -0.15) is 0 Å². The zero-order chi connectivity index (χ0) is 14.1. The standard InChI is InChI=1S/C15H16N2O2S/c1-10-7-16-15(20-9-14(18)19)17(10)8-12-6-11-4-2-3-5-13(11)12/h2-5,7,12H,6,8-9H2,1H3,(H,18,19). The van der Waals surface area contributed by atoms with Gasteiger partial charge in [-0.1, -0.05) is 36.0 Å². The van der Waals surface area contributed by atoms with Crippen molar-refractivity contribution in [2.24, 2.45) is 0 Å². The third-order valence-corrected chi connectivity index (χ3v) is 4.68. The van der Waals surface area contributed by atoms with Gasteiger partial charge in [0.1, 0.15) is 0 Å². The van der Waals surface area contributed by atoms with Crippen LogP contribution in [-0.4, -0.2) is 26.4 Å². The smallest absolute Gasteiger partial charge is 0.313 e. The number of carboxylic acid groups (broad SMARTS) is 1. The first-order chi connectivity index (χ1) is 9.65. The molecule has 104 valence electrons. The fourth-order valence-electron chi connectivity index (χ4n) is 2.65. The van der Waals surface area contributed by atoms with Gasteiger partial charge in [0, 0.05) is 24.4 Å². The molecule has 0 bridgehead atoms. The molecule has 1 aliphatic carbocycles. The van der Waals surface area contributed by atoms with Gasteiger partial charge < -0.3 is 9.67 Å². The molecule has 20 heavy (non-hydrogen) atoms. The van der Waals surface area contributed by atoms with E-state index in [0.29, 0.717) is 5.92 Å².